The van der Waals surface area contributed by atoms with Crippen LogP contribution in [0.5, 0.6) is 0 Å². The molecule has 0 fully saturated rings. The molecule has 1 aromatic carbocycles. The number of rotatable bonds is 3. The van der Waals surface area contributed by atoms with Gasteiger partial charge >= 0.3 is 0 Å². The summed E-state index contributed by atoms with van der Waals surface area (Å²) in [7, 11) is 0. The van der Waals surface area contributed by atoms with Gasteiger partial charge in [-0.1, -0.05) is 26.0 Å². The lowest BCUT2D eigenvalue weighted by atomic mass is 10.2. The molecule has 0 spiro atoms. The minimum Gasteiger partial charge on any atom is -0.328 e. The highest BCUT2D eigenvalue weighted by Crippen LogP contribution is 2.25. The van der Waals surface area contributed by atoms with Gasteiger partial charge in [0, 0.05) is 18.5 Å². The Balaban J connectivity index is 2.69. The van der Waals surface area contributed by atoms with Crippen LogP contribution in [-0.2, 0) is 0 Å². The fourth-order valence-corrected chi connectivity index (χ4v) is 2.04. The van der Waals surface area contributed by atoms with E-state index in [-0.39, 0.29) is 0 Å². The molecule has 2 rings (SSSR count). The number of imidazole rings is 1. The van der Waals surface area contributed by atoms with Crippen LogP contribution in [0.4, 0.5) is 0 Å². The van der Waals surface area contributed by atoms with E-state index in [1.54, 1.807) is 0 Å². The number of aromatic nitrogens is 2. The van der Waals surface area contributed by atoms with E-state index in [2.05, 4.69) is 42.5 Å². The van der Waals surface area contributed by atoms with Crippen molar-refractivity contribution in [3.05, 3.63) is 30.1 Å². The second-order valence-corrected chi connectivity index (χ2v) is 4.57. The predicted octanol–water partition coefficient (Wildman–Crippen LogP) is 2.68. The van der Waals surface area contributed by atoms with Gasteiger partial charge in [-0.15, -0.1) is 0 Å². The minimum absolute atomic E-state index is 0.296. The second-order valence-electron chi connectivity index (χ2n) is 4.57. The average molecular weight is 217 g/mol. The quantitative estimate of drug-likeness (QED) is 0.859. The Morgan fingerprint density at radius 2 is 1.94 bits per heavy atom. The first-order valence-electron chi connectivity index (χ1n) is 5.82. The first kappa shape index (κ1) is 11.1. The van der Waals surface area contributed by atoms with Crippen molar-refractivity contribution in [1.82, 2.24) is 9.55 Å². The van der Waals surface area contributed by atoms with Crippen LogP contribution < -0.4 is 5.73 Å². The summed E-state index contributed by atoms with van der Waals surface area (Å²) in [6.45, 7) is 7.11. The molecule has 2 N–H and O–H groups in total. The third-order valence-electron chi connectivity index (χ3n) is 2.92. The number of hydrogen-bond acceptors (Lipinski definition) is 2. The number of hydrogen-bond donors (Lipinski definition) is 1. The van der Waals surface area contributed by atoms with E-state index in [0.717, 1.165) is 11.3 Å². The van der Waals surface area contributed by atoms with Crippen molar-refractivity contribution in [2.75, 3.05) is 6.54 Å². The lowest BCUT2D eigenvalue weighted by Crippen LogP contribution is -2.18. The molecule has 1 heterocycles. The molecule has 0 amide bonds. The number of benzene rings is 1. The first-order valence-corrected chi connectivity index (χ1v) is 5.82. The van der Waals surface area contributed by atoms with Gasteiger partial charge in [-0.3, -0.25) is 0 Å². The molecule has 1 aromatic heterocycles. The van der Waals surface area contributed by atoms with E-state index in [1.165, 1.54) is 5.52 Å². The van der Waals surface area contributed by atoms with Crippen molar-refractivity contribution in [2.45, 2.75) is 32.7 Å². The summed E-state index contributed by atoms with van der Waals surface area (Å²) >= 11 is 0. The van der Waals surface area contributed by atoms with Crippen LogP contribution in [0.3, 0.4) is 0 Å². The van der Waals surface area contributed by atoms with E-state index in [9.17, 15) is 0 Å². The summed E-state index contributed by atoms with van der Waals surface area (Å²) in [5.74, 6) is 1.54. The predicted molar refractivity (Wildman–Crippen MR) is 67.6 cm³/mol. The molecule has 3 nitrogen and oxygen atoms in total. The van der Waals surface area contributed by atoms with Crippen LogP contribution in [0.25, 0.3) is 11.0 Å². The lowest BCUT2D eigenvalue weighted by molar-refractivity contribution is 0.533. The zero-order chi connectivity index (χ0) is 11.7. The van der Waals surface area contributed by atoms with Crippen molar-refractivity contribution in [3.8, 4) is 0 Å². The van der Waals surface area contributed by atoms with Crippen molar-refractivity contribution < 1.29 is 0 Å². The van der Waals surface area contributed by atoms with Gasteiger partial charge in [0.15, 0.2) is 0 Å². The van der Waals surface area contributed by atoms with Crippen LogP contribution >= 0.6 is 0 Å². The van der Waals surface area contributed by atoms with Gasteiger partial charge in [-0.2, -0.15) is 0 Å². The third kappa shape index (κ3) is 1.71. The molecule has 1 unspecified atom stereocenters. The standard InChI is InChI=1S/C13H19N3/c1-9(2)13-15-11-6-4-5-7-12(11)16(13)10(3)8-14/h4-7,9-10H,8,14H2,1-3H3. The maximum Gasteiger partial charge on any atom is 0.112 e. The summed E-state index contributed by atoms with van der Waals surface area (Å²) in [6.07, 6.45) is 0. The fourth-order valence-electron chi connectivity index (χ4n) is 2.04. The first-order chi connectivity index (χ1) is 7.65. The Morgan fingerprint density at radius 1 is 1.25 bits per heavy atom. The number of nitrogens with zero attached hydrogens (tertiary/aromatic N) is 2. The Kier molecular flexibility index (Phi) is 2.97. The summed E-state index contributed by atoms with van der Waals surface area (Å²) in [6, 6.07) is 8.54. The Bertz CT molecular complexity index is 485. The van der Waals surface area contributed by atoms with Crippen LogP contribution in [0.2, 0.25) is 0 Å². The van der Waals surface area contributed by atoms with E-state index in [1.807, 2.05) is 12.1 Å². The monoisotopic (exact) mass is 217 g/mol. The van der Waals surface area contributed by atoms with Crippen molar-refractivity contribution in [2.24, 2.45) is 5.73 Å². The van der Waals surface area contributed by atoms with Crippen molar-refractivity contribution >= 4 is 11.0 Å². The molecule has 2 aromatic rings. The van der Waals surface area contributed by atoms with Crippen molar-refractivity contribution in [3.63, 3.8) is 0 Å². The lowest BCUT2D eigenvalue weighted by Gasteiger charge is -2.17. The summed E-state index contributed by atoms with van der Waals surface area (Å²) in [5, 5.41) is 0. The molecule has 0 aliphatic carbocycles. The highest BCUT2D eigenvalue weighted by Gasteiger charge is 2.16. The molecular weight excluding hydrogens is 198 g/mol. The average Bonchev–Trinajstić information content (AvgIpc) is 2.67. The molecule has 0 aliphatic heterocycles. The summed E-state index contributed by atoms with van der Waals surface area (Å²) in [5.41, 5.74) is 8.02. The molecule has 0 radical (unpaired) electrons. The molecule has 16 heavy (non-hydrogen) atoms. The van der Waals surface area contributed by atoms with Crippen LogP contribution in [0.1, 0.15) is 38.6 Å². The highest BCUT2D eigenvalue weighted by molar-refractivity contribution is 5.76. The summed E-state index contributed by atoms with van der Waals surface area (Å²) < 4.78 is 2.26. The molecule has 0 saturated heterocycles. The zero-order valence-electron chi connectivity index (χ0n) is 10.1. The van der Waals surface area contributed by atoms with Gasteiger partial charge in [0.1, 0.15) is 5.82 Å². The molecule has 1 atom stereocenters. The van der Waals surface area contributed by atoms with Crippen LogP contribution in [0, 0.1) is 0 Å². The number of nitrogens with two attached hydrogens (primary N) is 1. The minimum atomic E-state index is 0.296. The van der Waals surface area contributed by atoms with Gasteiger partial charge in [0.05, 0.1) is 11.0 Å². The van der Waals surface area contributed by atoms with Gasteiger partial charge in [0.25, 0.3) is 0 Å². The molecule has 0 saturated carbocycles. The summed E-state index contributed by atoms with van der Waals surface area (Å²) in [4.78, 5) is 4.69. The normalized spacial score (nSPS) is 13.6. The Hall–Kier alpha value is -1.35. The third-order valence-corrected chi connectivity index (χ3v) is 2.92. The van der Waals surface area contributed by atoms with Gasteiger partial charge < -0.3 is 10.3 Å². The number of fused-ring (bicyclic) bond motifs is 1. The Morgan fingerprint density at radius 3 is 2.56 bits per heavy atom. The highest BCUT2D eigenvalue weighted by atomic mass is 15.1. The van der Waals surface area contributed by atoms with E-state index < -0.39 is 0 Å². The van der Waals surface area contributed by atoms with E-state index in [0.29, 0.717) is 18.5 Å². The molecule has 86 valence electrons. The van der Waals surface area contributed by atoms with Crippen LogP contribution in [-0.4, -0.2) is 16.1 Å². The van der Waals surface area contributed by atoms with Gasteiger partial charge in [-0.25, -0.2) is 4.98 Å². The van der Waals surface area contributed by atoms with Gasteiger partial charge in [-0.05, 0) is 19.1 Å². The van der Waals surface area contributed by atoms with E-state index >= 15 is 0 Å². The fraction of sp³-hybridized carbons (Fsp3) is 0.462. The van der Waals surface area contributed by atoms with Crippen LogP contribution in [0.15, 0.2) is 24.3 Å². The molecule has 3 heteroatoms. The largest absolute Gasteiger partial charge is 0.328 e. The smallest absolute Gasteiger partial charge is 0.112 e. The topological polar surface area (TPSA) is 43.8 Å². The molecular formula is C13H19N3. The number of para-hydroxylation sites is 2. The Labute approximate surface area is 96.3 Å². The maximum atomic E-state index is 5.77. The second kappa shape index (κ2) is 4.26. The SMILES string of the molecule is CC(C)c1nc2ccccc2n1C(C)CN. The van der Waals surface area contributed by atoms with Gasteiger partial charge in [0.2, 0.25) is 0 Å². The maximum absolute atomic E-state index is 5.77. The van der Waals surface area contributed by atoms with Crippen molar-refractivity contribution in [1.29, 1.82) is 0 Å². The zero-order valence-corrected chi connectivity index (χ0v) is 10.1. The molecule has 0 bridgehead atoms. The van der Waals surface area contributed by atoms with E-state index in [4.69, 9.17) is 5.73 Å². The molecule has 0 aliphatic rings.